The number of sulfonamides is 1. The first-order chi connectivity index (χ1) is 15.6. The second-order valence-corrected chi connectivity index (χ2v) is 10.9. The van der Waals surface area contributed by atoms with Gasteiger partial charge in [0.2, 0.25) is 10.0 Å². The van der Waals surface area contributed by atoms with Crippen LogP contribution < -0.4 is 4.74 Å². The molecular weight excluding hydrogens is 453 g/mol. The van der Waals surface area contributed by atoms with Crippen LogP contribution in [0.15, 0.2) is 23.1 Å². The molecule has 0 spiro atoms. The van der Waals surface area contributed by atoms with Gasteiger partial charge < -0.3 is 9.64 Å². The Morgan fingerprint density at radius 3 is 2.36 bits per heavy atom. The third-order valence-electron chi connectivity index (χ3n) is 6.45. The highest BCUT2D eigenvalue weighted by molar-refractivity contribution is 7.89. The molecule has 1 aromatic rings. The zero-order valence-corrected chi connectivity index (χ0v) is 20.1. The summed E-state index contributed by atoms with van der Waals surface area (Å²) in [6, 6.07) is 3.80. The molecule has 0 aliphatic carbocycles. The molecule has 2 aliphatic rings. The van der Waals surface area contributed by atoms with Gasteiger partial charge in [-0.05, 0) is 69.3 Å². The van der Waals surface area contributed by atoms with E-state index in [2.05, 4.69) is 28.4 Å². The first-order valence-electron chi connectivity index (χ1n) is 11.7. The van der Waals surface area contributed by atoms with E-state index in [1.807, 2.05) is 6.92 Å². The molecule has 0 saturated carbocycles. The molecule has 2 aliphatic heterocycles. The van der Waals surface area contributed by atoms with Gasteiger partial charge in [0.25, 0.3) is 0 Å². The third-order valence-corrected chi connectivity index (χ3v) is 8.35. The lowest BCUT2D eigenvalue weighted by Crippen LogP contribution is -2.48. The molecular formula is C24H33F3N2O3S. The van der Waals surface area contributed by atoms with Crippen LogP contribution in [0.3, 0.4) is 0 Å². The van der Waals surface area contributed by atoms with Gasteiger partial charge in [-0.15, -0.1) is 13.2 Å². The highest BCUT2D eigenvalue weighted by Gasteiger charge is 2.35. The van der Waals surface area contributed by atoms with Crippen LogP contribution >= 0.6 is 0 Å². The number of rotatable bonds is 6. The van der Waals surface area contributed by atoms with Crippen molar-refractivity contribution in [2.45, 2.75) is 76.1 Å². The maximum absolute atomic E-state index is 13.2. The lowest BCUT2D eigenvalue weighted by atomic mass is 9.95. The van der Waals surface area contributed by atoms with Crippen LogP contribution in [0.25, 0.3) is 0 Å². The number of piperidine rings is 2. The fraction of sp³-hybridized carbons (Fsp3) is 0.667. The van der Waals surface area contributed by atoms with Crippen molar-refractivity contribution in [3.63, 3.8) is 0 Å². The van der Waals surface area contributed by atoms with Crippen LogP contribution in [0.4, 0.5) is 13.2 Å². The van der Waals surface area contributed by atoms with Crippen molar-refractivity contribution in [3.8, 4) is 17.6 Å². The predicted molar refractivity (Wildman–Crippen MR) is 121 cm³/mol. The molecule has 3 rings (SSSR count). The van der Waals surface area contributed by atoms with E-state index in [1.54, 1.807) is 0 Å². The highest BCUT2D eigenvalue weighted by Crippen LogP contribution is 2.31. The highest BCUT2D eigenvalue weighted by atomic mass is 32.2. The molecule has 9 heteroatoms. The van der Waals surface area contributed by atoms with Gasteiger partial charge in [-0.1, -0.05) is 32.1 Å². The van der Waals surface area contributed by atoms with Gasteiger partial charge in [-0.25, -0.2) is 8.42 Å². The van der Waals surface area contributed by atoms with Crippen LogP contribution in [0.2, 0.25) is 0 Å². The van der Waals surface area contributed by atoms with Crippen molar-refractivity contribution in [1.82, 2.24) is 9.21 Å². The second kappa shape index (κ2) is 11.1. The fourth-order valence-electron chi connectivity index (χ4n) is 4.39. The molecule has 184 valence electrons. The molecule has 5 nitrogen and oxygen atoms in total. The maximum atomic E-state index is 13.2. The lowest BCUT2D eigenvalue weighted by molar-refractivity contribution is -0.274. The minimum Gasteiger partial charge on any atom is -0.404 e. The van der Waals surface area contributed by atoms with Gasteiger partial charge in [-0.3, -0.25) is 0 Å². The molecule has 0 bridgehead atoms. The van der Waals surface area contributed by atoms with E-state index in [-0.39, 0.29) is 10.5 Å². The summed E-state index contributed by atoms with van der Waals surface area (Å²) >= 11 is 0. The first-order valence-corrected chi connectivity index (χ1v) is 13.2. The number of hydrogen-bond donors (Lipinski definition) is 0. The maximum Gasteiger partial charge on any atom is 0.573 e. The van der Waals surface area contributed by atoms with E-state index >= 15 is 0 Å². The Hall–Kier alpha value is -1.76. The van der Waals surface area contributed by atoms with Gasteiger partial charge in [0.15, 0.2) is 0 Å². The van der Waals surface area contributed by atoms with Crippen molar-refractivity contribution in [3.05, 3.63) is 23.8 Å². The molecule has 0 amide bonds. The van der Waals surface area contributed by atoms with Gasteiger partial charge in [0.1, 0.15) is 5.75 Å². The Labute approximate surface area is 195 Å². The smallest absolute Gasteiger partial charge is 0.404 e. The number of nitrogens with zero attached hydrogens (tertiary/aromatic N) is 2. The monoisotopic (exact) mass is 486 g/mol. The van der Waals surface area contributed by atoms with E-state index in [1.165, 1.54) is 29.3 Å². The van der Waals surface area contributed by atoms with Crippen LogP contribution in [0.5, 0.6) is 5.75 Å². The van der Waals surface area contributed by atoms with Crippen molar-refractivity contribution in [2.24, 2.45) is 5.92 Å². The number of alkyl halides is 3. The summed E-state index contributed by atoms with van der Waals surface area (Å²) in [6.07, 6.45) is 1.21. The minimum atomic E-state index is -4.88. The number of unbranched alkanes of at least 4 members (excludes halogenated alkanes) is 2. The summed E-state index contributed by atoms with van der Waals surface area (Å²) < 4.78 is 70.4. The van der Waals surface area contributed by atoms with E-state index in [0.29, 0.717) is 25.6 Å². The molecule has 2 heterocycles. The molecule has 0 radical (unpaired) electrons. The largest absolute Gasteiger partial charge is 0.573 e. The van der Waals surface area contributed by atoms with Crippen LogP contribution in [0.1, 0.15) is 64.4 Å². The number of hydrogen-bond acceptors (Lipinski definition) is 4. The van der Waals surface area contributed by atoms with Crippen LogP contribution in [-0.2, 0) is 10.0 Å². The number of halogens is 3. The molecule has 1 aromatic carbocycles. The Morgan fingerprint density at radius 2 is 1.76 bits per heavy atom. The molecule has 0 unspecified atom stereocenters. The molecule has 0 N–H and O–H groups in total. The average molecular weight is 487 g/mol. The Morgan fingerprint density at radius 1 is 1.09 bits per heavy atom. The van der Waals surface area contributed by atoms with Gasteiger partial charge >= 0.3 is 6.36 Å². The summed E-state index contributed by atoms with van der Waals surface area (Å²) in [7, 11) is -3.83. The fourth-order valence-corrected chi connectivity index (χ4v) is 5.89. The van der Waals surface area contributed by atoms with E-state index < -0.39 is 22.1 Å². The summed E-state index contributed by atoms with van der Waals surface area (Å²) in [6.45, 7) is 7.16. The molecule has 0 atom stereocenters. The topological polar surface area (TPSA) is 49.9 Å². The van der Waals surface area contributed by atoms with Gasteiger partial charge in [-0.2, -0.15) is 4.31 Å². The number of ether oxygens (including phenoxy) is 1. The lowest BCUT2D eigenvalue weighted by Gasteiger charge is -2.41. The summed E-state index contributed by atoms with van der Waals surface area (Å²) in [4.78, 5) is 2.42. The number of benzene rings is 1. The number of likely N-dealkylation sites (tertiary alicyclic amines) is 1. The predicted octanol–water partition coefficient (Wildman–Crippen LogP) is 5.01. The summed E-state index contributed by atoms with van der Waals surface area (Å²) in [5.41, 5.74) is -0.0678. The first kappa shape index (κ1) is 25.9. The molecule has 2 fully saturated rings. The zero-order valence-electron chi connectivity index (χ0n) is 19.3. The summed E-state index contributed by atoms with van der Waals surface area (Å²) in [5, 5.41) is 0. The zero-order chi connectivity index (χ0) is 24.1. The molecule has 33 heavy (non-hydrogen) atoms. The van der Waals surface area contributed by atoms with E-state index in [9.17, 15) is 21.6 Å². The average Bonchev–Trinajstić information content (AvgIpc) is 2.77. The minimum absolute atomic E-state index is 0.0536. The molecule has 2 saturated heterocycles. The normalized spacial score (nSPS) is 19.8. The second-order valence-electron chi connectivity index (χ2n) is 8.96. The quantitative estimate of drug-likeness (QED) is 0.419. The Kier molecular flexibility index (Phi) is 8.70. The van der Waals surface area contributed by atoms with Crippen molar-refractivity contribution >= 4 is 10.0 Å². The summed E-state index contributed by atoms with van der Waals surface area (Å²) in [5.74, 6) is 5.75. The Bertz CT molecular complexity index is 953. The SMILES string of the molecule is CCCCC#Cc1cc(S(=O)(=O)N2CCC(N3CCC(C)CC3)CC2)ccc1OC(F)(F)F. The van der Waals surface area contributed by atoms with E-state index in [0.717, 1.165) is 50.8 Å². The van der Waals surface area contributed by atoms with Gasteiger partial charge in [0.05, 0.1) is 10.5 Å². The molecule has 0 aromatic heterocycles. The standard InChI is InChI=1S/C24H33F3N2O3S/c1-3-4-5-6-7-20-18-22(8-9-23(20)32-24(25,26)27)33(30,31)29-16-12-21(13-17-29)28-14-10-19(2)11-15-28/h8-9,18-19,21H,3-5,10-17H2,1-2H3. The van der Waals surface area contributed by atoms with Crippen LogP contribution in [0, 0.1) is 17.8 Å². The van der Waals surface area contributed by atoms with Crippen molar-refractivity contribution < 1.29 is 26.3 Å². The van der Waals surface area contributed by atoms with Gasteiger partial charge in [0, 0.05) is 25.6 Å². The van der Waals surface area contributed by atoms with Crippen molar-refractivity contribution in [1.29, 1.82) is 0 Å². The third kappa shape index (κ3) is 7.11. The van der Waals surface area contributed by atoms with Crippen LogP contribution in [-0.4, -0.2) is 56.2 Å². The van der Waals surface area contributed by atoms with Crippen molar-refractivity contribution in [2.75, 3.05) is 26.2 Å². The van der Waals surface area contributed by atoms with E-state index in [4.69, 9.17) is 0 Å². The Balaban J connectivity index is 1.74.